The molecule has 0 radical (unpaired) electrons. The fraction of sp³-hybridized carbons (Fsp3) is 0.0714. The Morgan fingerprint density at radius 2 is 1.44 bits per heavy atom. The predicted octanol–water partition coefficient (Wildman–Crippen LogP) is 3.84. The van der Waals surface area contributed by atoms with Crippen LogP contribution in [-0.4, -0.2) is 3.98 Å². The van der Waals surface area contributed by atoms with Crippen LogP contribution < -0.4 is 0 Å². The van der Waals surface area contributed by atoms with Gasteiger partial charge in [-0.15, -0.1) is 0 Å². The van der Waals surface area contributed by atoms with Crippen molar-refractivity contribution in [3.8, 4) is 0 Å². The normalized spacial score (nSPS) is 11.9. The van der Waals surface area contributed by atoms with Gasteiger partial charge in [-0.2, -0.15) is 0 Å². The summed E-state index contributed by atoms with van der Waals surface area (Å²) in [6, 6.07) is 21.4. The van der Waals surface area contributed by atoms with Crippen molar-refractivity contribution < 1.29 is 15.5 Å². The van der Waals surface area contributed by atoms with Crippen LogP contribution in [0.2, 0.25) is 0 Å². The van der Waals surface area contributed by atoms with Gasteiger partial charge in [0.1, 0.15) is 0 Å². The third-order valence-electron chi connectivity index (χ3n) is 2.38. The number of halogens is 1. The summed E-state index contributed by atoms with van der Waals surface area (Å²) in [6.07, 6.45) is 1.08. The van der Waals surface area contributed by atoms with Gasteiger partial charge < -0.3 is 0 Å². The van der Waals surface area contributed by atoms with Crippen LogP contribution in [0, 0.1) is 0 Å². The Labute approximate surface area is 111 Å². The molecule has 0 aliphatic heterocycles. The molecule has 82 valence electrons. The molecule has 2 rings (SSSR count). The molecule has 0 fully saturated rings. The minimum absolute atomic E-state index is 0.406. The zero-order valence-corrected chi connectivity index (χ0v) is 13.0. The van der Waals surface area contributed by atoms with Gasteiger partial charge in [-0.1, -0.05) is 0 Å². The molecular formula is C14H12BrRe. The molecule has 0 heterocycles. The summed E-state index contributed by atoms with van der Waals surface area (Å²) in [5.74, 6) is 0. The standard InChI is InChI=1S/C14H12.BrH.Re/c1-3-7-13(8-4-1)11-12-14-9-5-2-6-10-14;;/h1-10H,11H2;1H;/q;;+1/p-1. The third-order valence-corrected chi connectivity index (χ3v) is 7.22. The van der Waals surface area contributed by atoms with Gasteiger partial charge in [-0.3, -0.25) is 0 Å². The first kappa shape index (κ1) is 11.9. The SMILES string of the molecule is [Br][Re]=[C](Cc1ccccc1)c1ccccc1. The summed E-state index contributed by atoms with van der Waals surface area (Å²) >= 11 is 3.32. The van der Waals surface area contributed by atoms with Crippen molar-refractivity contribution in [2.75, 3.05) is 0 Å². The molecule has 0 saturated carbocycles. The van der Waals surface area contributed by atoms with E-state index in [0.29, 0.717) is 0 Å². The average Bonchev–Trinajstić information content (AvgIpc) is 2.38. The molecule has 0 nitrogen and oxygen atoms in total. The summed E-state index contributed by atoms with van der Waals surface area (Å²) in [5.41, 5.74) is 2.79. The Kier molecular flexibility index (Phi) is 4.66. The summed E-state index contributed by atoms with van der Waals surface area (Å²) < 4.78 is 1.58. The van der Waals surface area contributed by atoms with Crippen LogP contribution in [0.4, 0.5) is 0 Å². The van der Waals surface area contributed by atoms with E-state index in [0.717, 1.165) is 6.42 Å². The fourth-order valence-electron chi connectivity index (χ4n) is 1.56. The zero-order valence-electron chi connectivity index (χ0n) is 8.74. The Morgan fingerprint density at radius 3 is 2.00 bits per heavy atom. The van der Waals surface area contributed by atoms with Crippen LogP contribution in [0.1, 0.15) is 11.1 Å². The van der Waals surface area contributed by atoms with Gasteiger partial charge in [0.05, 0.1) is 0 Å². The molecule has 2 heteroatoms. The topological polar surface area (TPSA) is 0 Å². The van der Waals surface area contributed by atoms with E-state index in [2.05, 4.69) is 74.1 Å². The molecule has 0 saturated heterocycles. The van der Waals surface area contributed by atoms with Gasteiger partial charge in [0.2, 0.25) is 0 Å². The van der Waals surface area contributed by atoms with Gasteiger partial charge >= 0.3 is 111 Å². The van der Waals surface area contributed by atoms with E-state index in [1.807, 2.05) is 0 Å². The van der Waals surface area contributed by atoms with Crippen LogP contribution in [-0.2, 0) is 21.9 Å². The molecule has 0 N–H and O–H groups in total. The third kappa shape index (κ3) is 3.22. The quantitative estimate of drug-likeness (QED) is 0.672. The maximum absolute atomic E-state index is 3.73. The van der Waals surface area contributed by atoms with Crippen LogP contribution >= 0.6 is 13.4 Å². The Hall–Kier alpha value is -0.548. The molecule has 0 amide bonds. The molecular weight excluding hydrogens is 434 g/mol. The molecule has 2 aromatic carbocycles. The summed E-state index contributed by atoms with van der Waals surface area (Å²) in [6.45, 7) is 0. The number of hydrogen-bond donors (Lipinski definition) is 0. The maximum atomic E-state index is 3.73. The van der Waals surface area contributed by atoms with Crippen LogP contribution in [0.3, 0.4) is 0 Å². The van der Waals surface area contributed by atoms with E-state index in [1.165, 1.54) is 11.1 Å². The van der Waals surface area contributed by atoms with Crippen LogP contribution in [0.15, 0.2) is 60.7 Å². The van der Waals surface area contributed by atoms with Crippen molar-refractivity contribution in [3.63, 3.8) is 0 Å². The second-order valence-electron chi connectivity index (χ2n) is 3.50. The van der Waals surface area contributed by atoms with Gasteiger partial charge in [0.15, 0.2) is 0 Å². The van der Waals surface area contributed by atoms with E-state index < -0.39 is 15.5 Å². The van der Waals surface area contributed by atoms with E-state index >= 15 is 0 Å². The molecule has 0 aromatic heterocycles. The monoisotopic (exact) mass is 446 g/mol. The van der Waals surface area contributed by atoms with Gasteiger partial charge in [0, 0.05) is 0 Å². The van der Waals surface area contributed by atoms with Gasteiger partial charge in [0.25, 0.3) is 0 Å². The summed E-state index contributed by atoms with van der Waals surface area (Å²) in [5, 5.41) is 0. The average molecular weight is 446 g/mol. The Bertz CT molecular complexity index is 463. The van der Waals surface area contributed by atoms with Crippen molar-refractivity contribution in [2.45, 2.75) is 6.42 Å². The van der Waals surface area contributed by atoms with E-state index in [9.17, 15) is 0 Å². The molecule has 0 bridgehead atoms. The Morgan fingerprint density at radius 1 is 0.875 bits per heavy atom. The van der Waals surface area contributed by atoms with Crippen molar-refractivity contribution in [1.82, 2.24) is 0 Å². The van der Waals surface area contributed by atoms with Crippen molar-refractivity contribution in [2.24, 2.45) is 0 Å². The van der Waals surface area contributed by atoms with Crippen molar-refractivity contribution in [1.29, 1.82) is 0 Å². The molecule has 16 heavy (non-hydrogen) atoms. The molecule has 0 unspecified atom stereocenters. The van der Waals surface area contributed by atoms with Crippen LogP contribution in [0.25, 0.3) is 0 Å². The van der Waals surface area contributed by atoms with E-state index in [-0.39, 0.29) is 0 Å². The summed E-state index contributed by atoms with van der Waals surface area (Å²) in [7, 11) is 0. The predicted molar refractivity (Wildman–Crippen MR) is 69.6 cm³/mol. The van der Waals surface area contributed by atoms with Gasteiger partial charge in [-0.25, -0.2) is 0 Å². The number of benzene rings is 2. The fourth-order valence-corrected chi connectivity index (χ4v) is 5.33. The second kappa shape index (κ2) is 6.25. The first-order valence-electron chi connectivity index (χ1n) is 5.11. The van der Waals surface area contributed by atoms with Crippen molar-refractivity contribution in [3.05, 3.63) is 71.8 Å². The molecule has 0 aliphatic rings. The first-order valence-corrected chi connectivity index (χ1v) is 12.4. The molecule has 0 spiro atoms. The minimum atomic E-state index is -0.406. The molecule has 0 atom stereocenters. The number of rotatable bonds is 3. The molecule has 0 aliphatic carbocycles. The summed E-state index contributed by atoms with van der Waals surface area (Å²) in [4.78, 5) is 0. The second-order valence-corrected chi connectivity index (χ2v) is 8.11. The van der Waals surface area contributed by atoms with Gasteiger partial charge in [-0.05, 0) is 0 Å². The number of hydrogen-bond acceptors (Lipinski definition) is 0. The van der Waals surface area contributed by atoms with Crippen LogP contribution in [0.5, 0.6) is 0 Å². The van der Waals surface area contributed by atoms with E-state index in [1.54, 1.807) is 3.98 Å². The van der Waals surface area contributed by atoms with E-state index in [4.69, 9.17) is 0 Å². The first-order chi connectivity index (χ1) is 7.90. The van der Waals surface area contributed by atoms with Crippen molar-refractivity contribution >= 4 is 17.4 Å². The zero-order chi connectivity index (χ0) is 11.2. The molecule has 2 aromatic rings. The Balaban J connectivity index is 2.20.